The quantitative estimate of drug-likeness (QED) is 0.871. The highest BCUT2D eigenvalue weighted by Gasteiger charge is 2.16. The van der Waals surface area contributed by atoms with Crippen molar-refractivity contribution in [3.05, 3.63) is 23.3 Å². The molecule has 1 unspecified atom stereocenters. The number of hydrogen-bond donors (Lipinski definition) is 1. The second-order valence-corrected chi connectivity index (χ2v) is 4.70. The highest BCUT2D eigenvalue weighted by Crippen LogP contribution is 2.18. The van der Waals surface area contributed by atoms with Crippen LogP contribution in [0.3, 0.4) is 0 Å². The van der Waals surface area contributed by atoms with E-state index in [1.54, 1.807) is 13.1 Å². The Labute approximate surface area is 102 Å². The molecule has 0 bridgehead atoms. The number of rotatable bonds is 3. The SMILES string of the molecule is Cc1nc(CC2CCCCO2)ncc1[C@H](C)O. The molecular formula is C13H20N2O2. The molecule has 17 heavy (non-hydrogen) atoms. The van der Waals surface area contributed by atoms with Gasteiger partial charge in [0.2, 0.25) is 0 Å². The van der Waals surface area contributed by atoms with Crippen molar-refractivity contribution in [3.8, 4) is 0 Å². The summed E-state index contributed by atoms with van der Waals surface area (Å²) in [4.78, 5) is 8.74. The first kappa shape index (κ1) is 12.5. The van der Waals surface area contributed by atoms with E-state index in [9.17, 15) is 5.11 Å². The minimum atomic E-state index is -0.505. The van der Waals surface area contributed by atoms with E-state index in [2.05, 4.69) is 9.97 Å². The maximum Gasteiger partial charge on any atom is 0.131 e. The third-order valence-electron chi connectivity index (χ3n) is 3.20. The molecule has 2 atom stereocenters. The molecule has 1 fully saturated rings. The number of aliphatic hydroxyl groups excluding tert-OH is 1. The highest BCUT2D eigenvalue weighted by atomic mass is 16.5. The molecule has 1 aliphatic rings. The van der Waals surface area contributed by atoms with Gasteiger partial charge in [0, 0.05) is 30.5 Å². The van der Waals surface area contributed by atoms with Gasteiger partial charge in [-0.05, 0) is 33.1 Å². The Morgan fingerprint density at radius 2 is 2.35 bits per heavy atom. The molecule has 0 saturated carbocycles. The van der Waals surface area contributed by atoms with E-state index in [4.69, 9.17) is 4.74 Å². The second kappa shape index (κ2) is 5.56. The lowest BCUT2D eigenvalue weighted by molar-refractivity contribution is 0.0156. The van der Waals surface area contributed by atoms with E-state index in [1.807, 2.05) is 6.92 Å². The molecule has 1 aliphatic heterocycles. The molecule has 0 aromatic carbocycles. The van der Waals surface area contributed by atoms with Gasteiger partial charge in [-0.2, -0.15) is 0 Å². The monoisotopic (exact) mass is 236 g/mol. The van der Waals surface area contributed by atoms with Crippen LogP contribution in [0.5, 0.6) is 0 Å². The zero-order valence-corrected chi connectivity index (χ0v) is 10.5. The smallest absolute Gasteiger partial charge is 0.131 e. The largest absolute Gasteiger partial charge is 0.389 e. The Hall–Kier alpha value is -1.00. The topological polar surface area (TPSA) is 55.2 Å². The molecule has 0 spiro atoms. The fourth-order valence-electron chi connectivity index (χ4n) is 2.21. The molecule has 0 amide bonds. The Balaban J connectivity index is 2.04. The standard InChI is InChI=1S/C13H20N2O2/c1-9-12(10(2)16)8-14-13(15-9)7-11-5-3-4-6-17-11/h8,10-11,16H,3-7H2,1-2H3/t10-,11?/m0/s1. The van der Waals surface area contributed by atoms with Crippen molar-refractivity contribution >= 4 is 0 Å². The molecule has 1 aromatic rings. The zero-order valence-electron chi connectivity index (χ0n) is 10.5. The van der Waals surface area contributed by atoms with Crippen LogP contribution in [0.25, 0.3) is 0 Å². The van der Waals surface area contributed by atoms with E-state index in [-0.39, 0.29) is 6.10 Å². The number of hydrogen-bond acceptors (Lipinski definition) is 4. The Kier molecular flexibility index (Phi) is 4.07. The Morgan fingerprint density at radius 3 is 2.94 bits per heavy atom. The van der Waals surface area contributed by atoms with E-state index in [0.717, 1.165) is 43.0 Å². The van der Waals surface area contributed by atoms with E-state index >= 15 is 0 Å². The maximum atomic E-state index is 9.51. The highest BCUT2D eigenvalue weighted by molar-refractivity contribution is 5.18. The number of aromatic nitrogens is 2. The van der Waals surface area contributed by atoms with E-state index in [0.29, 0.717) is 0 Å². The predicted molar refractivity (Wildman–Crippen MR) is 64.7 cm³/mol. The minimum Gasteiger partial charge on any atom is -0.389 e. The van der Waals surface area contributed by atoms with Crippen LogP contribution in [0.2, 0.25) is 0 Å². The van der Waals surface area contributed by atoms with Crippen molar-refractivity contribution in [2.24, 2.45) is 0 Å². The van der Waals surface area contributed by atoms with Gasteiger partial charge < -0.3 is 9.84 Å². The fourth-order valence-corrected chi connectivity index (χ4v) is 2.21. The lowest BCUT2D eigenvalue weighted by Gasteiger charge is -2.22. The van der Waals surface area contributed by atoms with Gasteiger partial charge in [-0.15, -0.1) is 0 Å². The number of nitrogens with zero attached hydrogens (tertiary/aromatic N) is 2. The summed E-state index contributed by atoms with van der Waals surface area (Å²) in [5, 5.41) is 9.51. The number of aryl methyl sites for hydroxylation is 1. The number of ether oxygens (including phenoxy) is 1. The van der Waals surface area contributed by atoms with Crippen LogP contribution in [0.1, 0.15) is 49.4 Å². The molecule has 1 N–H and O–H groups in total. The average Bonchev–Trinajstić information content (AvgIpc) is 2.30. The minimum absolute atomic E-state index is 0.264. The van der Waals surface area contributed by atoms with Crippen molar-refractivity contribution < 1.29 is 9.84 Å². The molecule has 4 heteroatoms. The van der Waals surface area contributed by atoms with Gasteiger partial charge in [-0.3, -0.25) is 0 Å². The summed E-state index contributed by atoms with van der Waals surface area (Å²) < 4.78 is 5.67. The third-order valence-corrected chi connectivity index (χ3v) is 3.20. The molecule has 2 rings (SSSR count). The Bertz CT molecular complexity index is 374. The van der Waals surface area contributed by atoms with Crippen LogP contribution in [0, 0.1) is 6.92 Å². The van der Waals surface area contributed by atoms with Crippen LogP contribution in [0.15, 0.2) is 6.20 Å². The van der Waals surface area contributed by atoms with Gasteiger partial charge in [0.1, 0.15) is 5.82 Å². The van der Waals surface area contributed by atoms with Crippen molar-refractivity contribution in [2.45, 2.75) is 51.7 Å². The van der Waals surface area contributed by atoms with Gasteiger partial charge in [-0.1, -0.05) is 0 Å². The molecule has 1 aromatic heterocycles. The summed E-state index contributed by atoms with van der Waals surface area (Å²) in [6, 6.07) is 0. The first-order valence-electron chi connectivity index (χ1n) is 6.29. The van der Waals surface area contributed by atoms with Gasteiger partial charge in [0.25, 0.3) is 0 Å². The maximum absolute atomic E-state index is 9.51. The van der Waals surface area contributed by atoms with Crippen LogP contribution in [-0.2, 0) is 11.2 Å². The Morgan fingerprint density at radius 1 is 1.53 bits per heavy atom. The zero-order chi connectivity index (χ0) is 12.3. The molecule has 0 aliphatic carbocycles. The summed E-state index contributed by atoms with van der Waals surface area (Å²) in [6.07, 6.45) is 5.76. The van der Waals surface area contributed by atoms with E-state index in [1.165, 1.54) is 6.42 Å². The summed E-state index contributed by atoms with van der Waals surface area (Å²) in [5.41, 5.74) is 1.67. The average molecular weight is 236 g/mol. The van der Waals surface area contributed by atoms with Gasteiger partial charge >= 0.3 is 0 Å². The lowest BCUT2D eigenvalue weighted by Crippen LogP contribution is -2.22. The predicted octanol–water partition coefficient (Wildman–Crippen LogP) is 1.95. The third kappa shape index (κ3) is 3.23. The molecule has 0 radical (unpaired) electrons. The molecule has 94 valence electrons. The molecular weight excluding hydrogens is 216 g/mol. The summed E-state index contributed by atoms with van der Waals surface area (Å²) in [5.74, 6) is 0.818. The summed E-state index contributed by atoms with van der Waals surface area (Å²) in [7, 11) is 0. The van der Waals surface area contributed by atoms with Crippen LogP contribution >= 0.6 is 0 Å². The molecule has 1 saturated heterocycles. The summed E-state index contributed by atoms with van der Waals surface area (Å²) in [6.45, 7) is 4.50. The van der Waals surface area contributed by atoms with Crippen LogP contribution < -0.4 is 0 Å². The fraction of sp³-hybridized carbons (Fsp3) is 0.692. The van der Waals surface area contributed by atoms with Crippen LogP contribution in [0.4, 0.5) is 0 Å². The second-order valence-electron chi connectivity index (χ2n) is 4.70. The van der Waals surface area contributed by atoms with Crippen LogP contribution in [-0.4, -0.2) is 27.8 Å². The first-order valence-corrected chi connectivity index (χ1v) is 6.29. The normalized spacial score (nSPS) is 22.4. The lowest BCUT2D eigenvalue weighted by atomic mass is 10.1. The van der Waals surface area contributed by atoms with E-state index < -0.39 is 6.10 Å². The van der Waals surface area contributed by atoms with Gasteiger partial charge in [0.15, 0.2) is 0 Å². The van der Waals surface area contributed by atoms with Crippen molar-refractivity contribution in [1.29, 1.82) is 0 Å². The molecule has 2 heterocycles. The van der Waals surface area contributed by atoms with Crippen molar-refractivity contribution in [2.75, 3.05) is 6.61 Å². The number of aliphatic hydroxyl groups is 1. The van der Waals surface area contributed by atoms with Gasteiger partial charge in [-0.25, -0.2) is 9.97 Å². The van der Waals surface area contributed by atoms with Crippen molar-refractivity contribution in [1.82, 2.24) is 9.97 Å². The molecule has 4 nitrogen and oxygen atoms in total. The van der Waals surface area contributed by atoms with Crippen molar-refractivity contribution in [3.63, 3.8) is 0 Å². The summed E-state index contributed by atoms with van der Waals surface area (Å²) >= 11 is 0. The first-order chi connectivity index (χ1) is 8.16. The van der Waals surface area contributed by atoms with Gasteiger partial charge in [0.05, 0.1) is 12.2 Å².